The van der Waals surface area contributed by atoms with Gasteiger partial charge in [0.2, 0.25) is 0 Å². The van der Waals surface area contributed by atoms with E-state index in [4.69, 9.17) is 23.2 Å². The van der Waals surface area contributed by atoms with Crippen molar-refractivity contribution in [3.8, 4) is 0 Å². The third-order valence-corrected chi connectivity index (χ3v) is 3.43. The summed E-state index contributed by atoms with van der Waals surface area (Å²) in [6.45, 7) is 2.78. The van der Waals surface area contributed by atoms with Crippen LogP contribution in [0.4, 0.5) is 11.5 Å². The third kappa shape index (κ3) is 3.86. The lowest BCUT2D eigenvalue weighted by Crippen LogP contribution is -2.16. The van der Waals surface area contributed by atoms with Gasteiger partial charge in [0.25, 0.3) is 5.91 Å². The van der Waals surface area contributed by atoms with Crippen LogP contribution < -0.4 is 10.6 Å². The average molecular weight is 324 g/mol. The molecule has 2 rings (SSSR count). The molecule has 2 N–H and O–H groups in total. The predicted octanol–water partition coefficient (Wildman–Crippen LogP) is 4.46. The Hall–Kier alpha value is -1.78. The summed E-state index contributed by atoms with van der Waals surface area (Å²) in [5.74, 6) is 0.233. The number of pyridine rings is 1. The first-order valence-corrected chi connectivity index (χ1v) is 7.33. The number of benzene rings is 1. The molecule has 110 valence electrons. The van der Waals surface area contributed by atoms with E-state index in [9.17, 15) is 4.79 Å². The summed E-state index contributed by atoms with van der Waals surface area (Å²) in [5, 5.41) is 6.63. The number of hydrogen-bond donors (Lipinski definition) is 2. The number of hydrogen-bond acceptors (Lipinski definition) is 3. The van der Waals surface area contributed by atoms with Crippen molar-refractivity contribution in [1.29, 1.82) is 0 Å². The highest BCUT2D eigenvalue weighted by Gasteiger charge is 2.15. The molecule has 6 heteroatoms. The van der Waals surface area contributed by atoms with E-state index in [2.05, 4.69) is 15.6 Å². The van der Waals surface area contributed by atoms with E-state index in [-0.39, 0.29) is 5.91 Å². The van der Waals surface area contributed by atoms with E-state index in [1.54, 1.807) is 36.5 Å². The molecule has 0 aliphatic rings. The van der Waals surface area contributed by atoms with Crippen molar-refractivity contribution < 1.29 is 4.79 Å². The quantitative estimate of drug-likeness (QED) is 0.853. The van der Waals surface area contributed by atoms with E-state index >= 15 is 0 Å². The summed E-state index contributed by atoms with van der Waals surface area (Å²) in [5.41, 5.74) is 0.845. The Labute approximate surface area is 133 Å². The second-order valence-electron chi connectivity index (χ2n) is 4.38. The van der Waals surface area contributed by atoms with Gasteiger partial charge in [-0.05, 0) is 30.7 Å². The van der Waals surface area contributed by atoms with Crippen LogP contribution in [0.25, 0.3) is 0 Å². The first kappa shape index (κ1) is 15.6. The summed E-state index contributed by atoms with van der Waals surface area (Å²) in [6, 6.07) is 8.47. The van der Waals surface area contributed by atoms with Crippen LogP contribution in [0, 0.1) is 0 Å². The number of nitrogens with one attached hydrogen (secondary N) is 2. The van der Waals surface area contributed by atoms with Crippen molar-refractivity contribution in [2.24, 2.45) is 0 Å². The molecular weight excluding hydrogens is 309 g/mol. The van der Waals surface area contributed by atoms with E-state index < -0.39 is 0 Å². The molecule has 1 aromatic carbocycles. The van der Waals surface area contributed by atoms with Crippen LogP contribution >= 0.6 is 23.2 Å². The lowest BCUT2D eigenvalue weighted by Gasteiger charge is -2.12. The van der Waals surface area contributed by atoms with Gasteiger partial charge in [0.1, 0.15) is 5.82 Å². The SMILES string of the molecule is CCCNc1ncccc1C(=O)Nc1c(Cl)cccc1Cl. The minimum atomic E-state index is -0.309. The van der Waals surface area contributed by atoms with Crippen LogP contribution in [0.15, 0.2) is 36.5 Å². The monoisotopic (exact) mass is 323 g/mol. The zero-order valence-corrected chi connectivity index (χ0v) is 13.0. The molecule has 0 bridgehead atoms. The second-order valence-corrected chi connectivity index (χ2v) is 5.19. The number of para-hydroxylation sites is 1. The van der Waals surface area contributed by atoms with Gasteiger partial charge in [-0.3, -0.25) is 4.79 Å². The van der Waals surface area contributed by atoms with Crippen LogP contribution in [-0.2, 0) is 0 Å². The summed E-state index contributed by atoms with van der Waals surface area (Å²) in [7, 11) is 0. The van der Waals surface area contributed by atoms with E-state index in [1.807, 2.05) is 6.92 Å². The lowest BCUT2D eigenvalue weighted by molar-refractivity contribution is 0.102. The maximum Gasteiger partial charge on any atom is 0.259 e. The summed E-state index contributed by atoms with van der Waals surface area (Å²) < 4.78 is 0. The predicted molar refractivity (Wildman–Crippen MR) is 87.4 cm³/mol. The molecule has 0 aliphatic carbocycles. The smallest absolute Gasteiger partial charge is 0.259 e. The van der Waals surface area contributed by atoms with Crippen LogP contribution in [0.3, 0.4) is 0 Å². The Morgan fingerprint density at radius 1 is 1.19 bits per heavy atom. The second kappa shape index (κ2) is 7.29. The van der Waals surface area contributed by atoms with Gasteiger partial charge in [0.15, 0.2) is 0 Å². The van der Waals surface area contributed by atoms with E-state index in [0.717, 1.165) is 13.0 Å². The molecule has 21 heavy (non-hydrogen) atoms. The highest BCUT2D eigenvalue weighted by atomic mass is 35.5. The van der Waals surface area contributed by atoms with Crippen molar-refractivity contribution in [2.45, 2.75) is 13.3 Å². The number of carbonyl (C=O) groups is 1. The number of amides is 1. The topological polar surface area (TPSA) is 54.0 Å². The first-order chi connectivity index (χ1) is 10.1. The number of anilines is 2. The standard InChI is InChI=1S/C15H15Cl2N3O/c1-2-8-18-14-10(5-4-9-19-14)15(21)20-13-11(16)6-3-7-12(13)17/h3-7,9H,2,8H2,1H3,(H,18,19)(H,20,21). The molecule has 1 heterocycles. The molecule has 0 saturated carbocycles. The molecule has 2 aromatic rings. The Bertz CT molecular complexity index is 626. The van der Waals surface area contributed by atoms with Crippen LogP contribution in [-0.4, -0.2) is 17.4 Å². The molecule has 0 atom stereocenters. The maximum atomic E-state index is 12.4. The summed E-state index contributed by atoms with van der Waals surface area (Å²) >= 11 is 12.1. The molecule has 0 fully saturated rings. The van der Waals surface area contributed by atoms with Gasteiger partial charge < -0.3 is 10.6 Å². The van der Waals surface area contributed by atoms with Crippen molar-refractivity contribution in [2.75, 3.05) is 17.2 Å². The van der Waals surface area contributed by atoms with Crippen molar-refractivity contribution >= 4 is 40.6 Å². The summed E-state index contributed by atoms with van der Waals surface area (Å²) in [4.78, 5) is 16.6. The molecule has 0 unspecified atom stereocenters. The lowest BCUT2D eigenvalue weighted by atomic mass is 10.2. The Balaban J connectivity index is 2.25. The van der Waals surface area contributed by atoms with Gasteiger partial charge in [0.05, 0.1) is 21.3 Å². The highest BCUT2D eigenvalue weighted by Crippen LogP contribution is 2.30. The highest BCUT2D eigenvalue weighted by molar-refractivity contribution is 6.40. The third-order valence-electron chi connectivity index (χ3n) is 2.80. The zero-order valence-electron chi connectivity index (χ0n) is 11.5. The van der Waals surface area contributed by atoms with Crippen LogP contribution in [0.1, 0.15) is 23.7 Å². The number of nitrogens with zero attached hydrogens (tertiary/aromatic N) is 1. The van der Waals surface area contributed by atoms with Crippen LogP contribution in [0.5, 0.6) is 0 Å². The molecule has 0 spiro atoms. The number of aromatic nitrogens is 1. The Morgan fingerprint density at radius 3 is 2.57 bits per heavy atom. The van der Waals surface area contributed by atoms with Gasteiger partial charge in [0, 0.05) is 12.7 Å². The molecule has 0 radical (unpaired) electrons. The van der Waals surface area contributed by atoms with Crippen molar-refractivity contribution in [1.82, 2.24) is 4.98 Å². The minimum Gasteiger partial charge on any atom is -0.369 e. The summed E-state index contributed by atoms with van der Waals surface area (Å²) in [6.07, 6.45) is 2.57. The maximum absolute atomic E-state index is 12.4. The van der Waals surface area contributed by atoms with Gasteiger partial charge in [-0.25, -0.2) is 4.98 Å². The molecule has 1 amide bonds. The fourth-order valence-corrected chi connectivity index (χ4v) is 2.26. The zero-order chi connectivity index (χ0) is 15.2. The minimum absolute atomic E-state index is 0.309. The van der Waals surface area contributed by atoms with Crippen LogP contribution in [0.2, 0.25) is 10.0 Å². The van der Waals surface area contributed by atoms with Gasteiger partial charge in [-0.15, -0.1) is 0 Å². The van der Waals surface area contributed by atoms with Gasteiger partial charge in [-0.2, -0.15) is 0 Å². The number of rotatable bonds is 5. The first-order valence-electron chi connectivity index (χ1n) is 6.57. The fourth-order valence-electron chi connectivity index (χ4n) is 1.77. The molecule has 0 aliphatic heterocycles. The van der Waals surface area contributed by atoms with Crippen molar-refractivity contribution in [3.05, 3.63) is 52.1 Å². The molecular formula is C15H15Cl2N3O. The van der Waals surface area contributed by atoms with E-state index in [1.165, 1.54) is 0 Å². The molecule has 1 aromatic heterocycles. The average Bonchev–Trinajstić information content (AvgIpc) is 2.49. The number of halogens is 2. The number of carbonyl (C=O) groups excluding carboxylic acids is 1. The Kier molecular flexibility index (Phi) is 5.42. The van der Waals surface area contributed by atoms with Gasteiger partial charge >= 0.3 is 0 Å². The fraction of sp³-hybridized carbons (Fsp3) is 0.200. The molecule has 4 nitrogen and oxygen atoms in total. The normalized spacial score (nSPS) is 10.2. The van der Waals surface area contributed by atoms with Gasteiger partial charge in [-0.1, -0.05) is 36.2 Å². The van der Waals surface area contributed by atoms with E-state index in [0.29, 0.717) is 27.1 Å². The van der Waals surface area contributed by atoms with Crippen molar-refractivity contribution in [3.63, 3.8) is 0 Å². The molecule has 0 saturated heterocycles. The Morgan fingerprint density at radius 2 is 1.90 bits per heavy atom. The largest absolute Gasteiger partial charge is 0.369 e.